The van der Waals surface area contributed by atoms with Crippen molar-refractivity contribution in [3.05, 3.63) is 52.0 Å². The average molecular weight is 401 g/mol. The number of carbonyl (C=O) groups is 2. The van der Waals surface area contributed by atoms with E-state index in [1.807, 2.05) is 11.0 Å². The van der Waals surface area contributed by atoms with Gasteiger partial charge in [-0.3, -0.25) is 14.6 Å². The van der Waals surface area contributed by atoms with Crippen molar-refractivity contribution in [2.45, 2.75) is 19.8 Å². The molecular weight excluding hydrogens is 384 g/mol. The number of amides is 1. The first-order chi connectivity index (χ1) is 13.0. The Bertz CT molecular complexity index is 1040. The molecule has 3 heterocycles. The van der Waals surface area contributed by atoms with Crippen LogP contribution in [0.1, 0.15) is 28.6 Å². The van der Waals surface area contributed by atoms with Crippen LogP contribution in [0.4, 0.5) is 0 Å². The summed E-state index contributed by atoms with van der Waals surface area (Å²) in [6, 6.07) is 8.87. The Labute approximate surface area is 165 Å². The molecule has 0 saturated carbocycles. The van der Waals surface area contributed by atoms with Gasteiger partial charge in [0.05, 0.1) is 15.1 Å². The summed E-state index contributed by atoms with van der Waals surface area (Å²) in [5, 5.41) is 0.493. The number of pyridine rings is 1. The number of hydrogen-bond donors (Lipinski definition) is 0. The first-order valence-electron chi connectivity index (χ1n) is 8.65. The Morgan fingerprint density at radius 3 is 2.74 bits per heavy atom. The largest absolute Gasteiger partial charge is 0.456 e. The smallest absolute Gasteiger partial charge is 0.264 e. The maximum Gasteiger partial charge on any atom is 0.264 e. The third-order valence-electron chi connectivity index (χ3n) is 4.42. The van der Waals surface area contributed by atoms with Gasteiger partial charge in [0.2, 0.25) is 0 Å². The van der Waals surface area contributed by atoms with E-state index in [1.165, 1.54) is 18.3 Å². The molecular formula is C20H17ClN2O3S. The molecule has 1 aliphatic rings. The molecule has 27 heavy (non-hydrogen) atoms. The van der Waals surface area contributed by atoms with E-state index >= 15 is 0 Å². The number of halogens is 1. The van der Waals surface area contributed by atoms with Crippen molar-refractivity contribution in [2.24, 2.45) is 0 Å². The van der Waals surface area contributed by atoms with Crippen molar-refractivity contribution >= 4 is 44.8 Å². The SMILES string of the molecule is CC(=O)Cc1ccc(Oc2ccnc3cc(C(=O)N4CCC4)sc23)cc1Cl. The number of ketones is 1. The van der Waals surface area contributed by atoms with Crippen LogP contribution in [0.2, 0.25) is 5.02 Å². The molecule has 138 valence electrons. The zero-order valence-corrected chi connectivity index (χ0v) is 16.3. The maximum absolute atomic E-state index is 12.5. The van der Waals surface area contributed by atoms with Crippen LogP contribution in [-0.2, 0) is 11.2 Å². The van der Waals surface area contributed by atoms with E-state index in [-0.39, 0.29) is 11.7 Å². The van der Waals surface area contributed by atoms with Gasteiger partial charge >= 0.3 is 0 Å². The quantitative estimate of drug-likeness (QED) is 0.621. The third-order valence-corrected chi connectivity index (χ3v) is 5.90. The predicted molar refractivity (Wildman–Crippen MR) is 106 cm³/mol. The Morgan fingerprint density at radius 2 is 2.07 bits per heavy atom. The topological polar surface area (TPSA) is 59.5 Å². The van der Waals surface area contributed by atoms with Crippen LogP contribution < -0.4 is 4.74 Å². The standard InChI is InChI=1S/C20H17ClN2O3S/c1-12(24)9-13-3-4-14(10-15(13)21)26-17-5-6-22-16-11-18(27-19(16)17)20(25)23-7-2-8-23/h3-6,10-11H,2,7-9H2,1H3. The summed E-state index contributed by atoms with van der Waals surface area (Å²) >= 11 is 7.66. The Balaban J connectivity index is 1.62. The summed E-state index contributed by atoms with van der Waals surface area (Å²) in [4.78, 5) is 30.6. The average Bonchev–Trinajstić information content (AvgIpc) is 3.01. The lowest BCUT2D eigenvalue weighted by Crippen LogP contribution is -2.41. The highest BCUT2D eigenvalue weighted by atomic mass is 35.5. The third kappa shape index (κ3) is 3.68. The number of carbonyl (C=O) groups excluding carboxylic acids is 2. The maximum atomic E-state index is 12.5. The molecule has 0 bridgehead atoms. The van der Waals surface area contributed by atoms with E-state index in [1.54, 1.807) is 30.5 Å². The van der Waals surface area contributed by atoms with Gasteiger partial charge in [-0.2, -0.15) is 0 Å². The molecule has 0 aliphatic carbocycles. The van der Waals surface area contributed by atoms with Crippen LogP contribution in [0.5, 0.6) is 11.5 Å². The van der Waals surface area contributed by atoms with Gasteiger partial charge in [-0.25, -0.2) is 0 Å². The predicted octanol–water partition coefficient (Wildman–Crippen LogP) is 4.72. The molecule has 0 spiro atoms. The number of ether oxygens (including phenoxy) is 1. The number of fused-ring (bicyclic) bond motifs is 1. The number of likely N-dealkylation sites (tertiary alicyclic amines) is 1. The summed E-state index contributed by atoms with van der Waals surface area (Å²) in [6.07, 6.45) is 3.02. The Hall–Kier alpha value is -2.44. The van der Waals surface area contributed by atoms with Gasteiger partial charge in [0.15, 0.2) is 0 Å². The van der Waals surface area contributed by atoms with Gasteiger partial charge in [0.1, 0.15) is 17.3 Å². The highest BCUT2D eigenvalue weighted by Crippen LogP contribution is 2.36. The zero-order valence-electron chi connectivity index (χ0n) is 14.7. The molecule has 0 N–H and O–H groups in total. The highest BCUT2D eigenvalue weighted by molar-refractivity contribution is 7.21. The van der Waals surface area contributed by atoms with E-state index in [2.05, 4.69) is 4.98 Å². The van der Waals surface area contributed by atoms with Crippen molar-refractivity contribution < 1.29 is 14.3 Å². The molecule has 0 atom stereocenters. The molecule has 5 nitrogen and oxygen atoms in total. The van der Waals surface area contributed by atoms with Crippen LogP contribution in [0.25, 0.3) is 10.2 Å². The van der Waals surface area contributed by atoms with Crippen LogP contribution >= 0.6 is 22.9 Å². The number of Topliss-reactive ketones (excluding diaryl/α,β-unsaturated/α-hetero) is 1. The van der Waals surface area contributed by atoms with Gasteiger partial charge in [-0.15, -0.1) is 11.3 Å². The van der Waals surface area contributed by atoms with Crippen LogP contribution in [-0.4, -0.2) is 34.7 Å². The van der Waals surface area contributed by atoms with E-state index in [0.717, 1.165) is 35.3 Å². The molecule has 1 aromatic carbocycles. The summed E-state index contributed by atoms with van der Waals surface area (Å²) in [6.45, 7) is 3.16. The molecule has 0 unspecified atom stereocenters. The van der Waals surface area contributed by atoms with Crippen LogP contribution in [0.15, 0.2) is 36.5 Å². The fourth-order valence-electron chi connectivity index (χ4n) is 2.91. The normalized spacial score (nSPS) is 13.5. The van der Waals surface area contributed by atoms with Gasteiger partial charge < -0.3 is 9.64 Å². The number of nitrogens with zero attached hydrogens (tertiary/aromatic N) is 2. The molecule has 3 aromatic rings. The first kappa shape index (κ1) is 17.9. The van der Waals surface area contributed by atoms with Crippen molar-refractivity contribution in [1.29, 1.82) is 0 Å². The van der Waals surface area contributed by atoms with E-state index in [0.29, 0.717) is 27.8 Å². The van der Waals surface area contributed by atoms with Gasteiger partial charge in [-0.1, -0.05) is 17.7 Å². The lowest BCUT2D eigenvalue weighted by molar-refractivity contribution is -0.116. The van der Waals surface area contributed by atoms with Crippen molar-refractivity contribution in [3.8, 4) is 11.5 Å². The van der Waals surface area contributed by atoms with Crippen molar-refractivity contribution in [3.63, 3.8) is 0 Å². The molecule has 0 radical (unpaired) electrons. The zero-order chi connectivity index (χ0) is 19.0. The molecule has 1 aliphatic heterocycles. The minimum Gasteiger partial charge on any atom is -0.456 e. The van der Waals surface area contributed by atoms with Gasteiger partial charge in [-0.05, 0) is 37.1 Å². The summed E-state index contributed by atoms with van der Waals surface area (Å²) in [5.41, 5.74) is 1.51. The van der Waals surface area contributed by atoms with Crippen LogP contribution in [0.3, 0.4) is 0 Å². The van der Waals surface area contributed by atoms with Gasteiger partial charge in [0.25, 0.3) is 5.91 Å². The number of hydrogen-bond acceptors (Lipinski definition) is 5. The lowest BCUT2D eigenvalue weighted by Gasteiger charge is -2.30. The second kappa shape index (κ2) is 7.29. The monoisotopic (exact) mass is 400 g/mol. The number of rotatable bonds is 5. The minimum absolute atomic E-state index is 0.0480. The van der Waals surface area contributed by atoms with Crippen molar-refractivity contribution in [2.75, 3.05) is 13.1 Å². The second-order valence-corrected chi connectivity index (χ2v) is 7.97. The summed E-state index contributed by atoms with van der Waals surface area (Å²) in [5.74, 6) is 1.30. The molecule has 4 rings (SSSR count). The molecule has 2 aromatic heterocycles. The Morgan fingerprint density at radius 1 is 1.26 bits per heavy atom. The van der Waals surface area contributed by atoms with E-state index in [4.69, 9.17) is 16.3 Å². The Kier molecular flexibility index (Phi) is 4.85. The molecule has 1 saturated heterocycles. The number of benzene rings is 1. The second-order valence-electron chi connectivity index (χ2n) is 6.51. The number of thiophene rings is 1. The molecule has 1 fully saturated rings. The summed E-state index contributed by atoms with van der Waals surface area (Å²) in [7, 11) is 0. The number of aromatic nitrogens is 1. The fourth-order valence-corrected chi connectivity index (χ4v) is 4.18. The first-order valence-corrected chi connectivity index (χ1v) is 9.84. The van der Waals surface area contributed by atoms with E-state index in [9.17, 15) is 9.59 Å². The molecule has 7 heteroatoms. The molecule has 1 amide bonds. The minimum atomic E-state index is 0.0480. The van der Waals surface area contributed by atoms with Crippen LogP contribution in [0, 0.1) is 0 Å². The summed E-state index contributed by atoms with van der Waals surface area (Å²) < 4.78 is 6.83. The highest BCUT2D eigenvalue weighted by Gasteiger charge is 2.24. The van der Waals surface area contributed by atoms with Gasteiger partial charge in [0, 0.05) is 36.8 Å². The fraction of sp³-hybridized carbons (Fsp3) is 0.250. The lowest BCUT2D eigenvalue weighted by atomic mass is 10.1. The van der Waals surface area contributed by atoms with E-state index < -0.39 is 0 Å². The van der Waals surface area contributed by atoms with Crippen molar-refractivity contribution in [1.82, 2.24) is 9.88 Å².